The van der Waals surface area contributed by atoms with Gasteiger partial charge in [-0.1, -0.05) is 13.8 Å². The van der Waals surface area contributed by atoms with E-state index in [1.807, 2.05) is 0 Å². The number of likely N-dealkylation sites (tertiary alicyclic amines) is 2. The van der Waals surface area contributed by atoms with Crippen molar-refractivity contribution in [2.24, 2.45) is 21.7 Å². The van der Waals surface area contributed by atoms with E-state index >= 15 is 0 Å². The van der Waals surface area contributed by atoms with E-state index in [0.29, 0.717) is 0 Å². The van der Waals surface area contributed by atoms with Crippen molar-refractivity contribution in [2.75, 3.05) is 26.2 Å². The minimum Gasteiger partial charge on any atom is -0.314 e. The summed E-state index contributed by atoms with van der Waals surface area (Å²) < 4.78 is 0. The Morgan fingerprint density at radius 3 is 1.29 bits per heavy atom. The fourth-order valence-electron chi connectivity index (χ4n) is 3.73. The summed E-state index contributed by atoms with van der Waals surface area (Å²) in [5.41, 5.74) is 12.4. The average Bonchev–Trinajstić information content (AvgIpc) is 3.31. The predicted octanol–water partition coefficient (Wildman–Crippen LogP) is 2.54. The van der Waals surface area contributed by atoms with Gasteiger partial charge in [0.15, 0.2) is 0 Å². The van der Waals surface area contributed by atoms with E-state index in [1.165, 1.54) is 25.7 Å². The normalized spacial score (nSPS) is 28.1. The van der Waals surface area contributed by atoms with E-state index in [-0.39, 0.29) is 23.4 Å². The highest BCUT2D eigenvalue weighted by atomic mass is 15.3. The van der Waals surface area contributed by atoms with Crippen LogP contribution in [0, 0.1) is 0 Å². The van der Waals surface area contributed by atoms with Crippen LogP contribution in [0.5, 0.6) is 0 Å². The molecule has 2 fully saturated rings. The largest absolute Gasteiger partial charge is 0.314 e. The van der Waals surface area contributed by atoms with Crippen molar-refractivity contribution in [2.45, 2.75) is 89.6 Å². The van der Waals surface area contributed by atoms with E-state index in [0.717, 1.165) is 39.0 Å². The Balaban J connectivity index is 2.12. The molecule has 0 spiro atoms. The van der Waals surface area contributed by atoms with Gasteiger partial charge in [-0.25, -0.2) is 0 Å². The fraction of sp³-hybridized carbons (Fsp3) is 1.00. The quantitative estimate of drug-likeness (QED) is 0.666. The van der Waals surface area contributed by atoms with Crippen LogP contribution in [0.25, 0.3) is 0 Å². The van der Waals surface area contributed by atoms with Gasteiger partial charge in [0, 0.05) is 0 Å². The van der Waals surface area contributed by atoms with Crippen molar-refractivity contribution in [1.29, 1.82) is 0 Å². The zero-order valence-electron chi connectivity index (χ0n) is 16.2. The molecule has 4 unspecified atom stereocenters. The van der Waals surface area contributed by atoms with Crippen molar-refractivity contribution in [3.63, 3.8) is 0 Å². The Kier molecular flexibility index (Phi) is 6.76. The van der Waals surface area contributed by atoms with Crippen LogP contribution in [-0.2, 0) is 0 Å². The maximum Gasteiger partial charge on any atom is 0.107 e. The standard InChI is InChI=1S/C18H38N6/c1-5-17(3,15(19)23-11-7-8-12-23)21-22-18(4,6-2)16(20)24-13-9-10-14-24/h15-16H,5-14,19-20H2,1-4H3. The fourth-order valence-corrected chi connectivity index (χ4v) is 3.73. The molecular weight excluding hydrogens is 300 g/mol. The molecule has 2 heterocycles. The SMILES string of the molecule is CCC(C)(N=NC(C)(CC)C(N)N1CCCC1)C(N)N1CCCC1. The number of rotatable bonds is 8. The summed E-state index contributed by atoms with van der Waals surface area (Å²) in [7, 11) is 0. The zero-order valence-corrected chi connectivity index (χ0v) is 16.2. The van der Waals surface area contributed by atoms with E-state index < -0.39 is 0 Å². The summed E-state index contributed by atoms with van der Waals surface area (Å²) >= 11 is 0. The molecule has 4 atom stereocenters. The molecular formula is C18H38N6. The first-order chi connectivity index (χ1) is 11.4. The van der Waals surface area contributed by atoms with Crippen LogP contribution in [0.2, 0.25) is 0 Å². The molecule has 6 heteroatoms. The Labute approximate surface area is 148 Å². The highest BCUT2D eigenvalue weighted by Gasteiger charge is 2.39. The minimum absolute atomic E-state index is 0.0714. The first-order valence-corrected chi connectivity index (χ1v) is 9.79. The van der Waals surface area contributed by atoms with E-state index in [1.54, 1.807) is 0 Å². The summed E-state index contributed by atoms with van der Waals surface area (Å²) in [4.78, 5) is 4.71. The Hall–Kier alpha value is -0.560. The zero-order chi connectivity index (χ0) is 17.8. The summed E-state index contributed by atoms with van der Waals surface area (Å²) in [5.74, 6) is 0. The van der Waals surface area contributed by atoms with Crippen LogP contribution >= 0.6 is 0 Å². The van der Waals surface area contributed by atoms with Gasteiger partial charge in [0.25, 0.3) is 0 Å². The molecule has 0 saturated carbocycles. The molecule has 0 aliphatic carbocycles. The molecule has 140 valence electrons. The molecule has 2 aliphatic rings. The number of nitrogens with zero attached hydrogens (tertiary/aromatic N) is 4. The highest BCUT2D eigenvalue weighted by molar-refractivity contribution is 4.97. The van der Waals surface area contributed by atoms with Crippen LogP contribution in [0.3, 0.4) is 0 Å². The van der Waals surface area contributed by atoms with Crippen LogP contribution in [0.15, 0.2) is 10.2 Å². The third kappa shape index (κ3) is 4.15. The van der Waals surface area contributed by atoms with Gasteiger partial charge < -0.3 is 11.5 Å². The van der Waals surface area contributed by atoms with Crippen molar-refractivity contribution < 1.29 is 0 Å². The number of azo groups is 1. The molecule has 0 aromatic heterocycles. The molecule has 0 aromatic rings. The van der Waals surface area contributed by atoms with Crippen molar-refractivity contribution in [3.8, 4) is 0 Å². The van der Waals surface area contributed by atoms with Gasteiger partial charge >= 0.3 is 0 Å². The topological polar surface area (TPSA) is 83.2 Å². The Morgan fingerprint density at radius 2 is 1.04 bits per heavy atom. The molecule has 4 N–H and O–H groups in total. The molecule has 2 aliphatic heterocycles. The van der Waals surface area contributed by atoms with Crippen LogP contribution in [-0.4, -0.2) is 59.4 Å². The molecule has 0 radical (unpaired) electrons. The van der Waals surface area contributed by atoms with Gasteiger partial charge in [0.1, 0.15) is 11.1 Å². The summed E-state index contributed by atoms with van der Waals surface area (Å²) in [5, 5.41) is 9.61. The first-order valence-electron chi connectivity index (χ1n) is 9.79. The van der Waals surface area contributed by atoms with Crippen LogP contribution in [0.1, 0.15) is 66.2 Å². The highest BCUT2D eigenvalue weighted by Crippen LogP contribution is 2.30. The second-order valence-electron chi connectivity index (χ2n) is 8.00. The Morgan fingerprint density at radius 1 is 0.750 bits per heavy atom. The average molecular weight is 339 g/mol. The lowest BCUT2D eigenvalue weighted by atomic mass is 9.94. The lowest BCUT2D eigenvalue weighted by Gasteiger charge is -2.39. The van der Waals surface area contributed by atoms with Gasteiger partial charge in [-0.05, 0) is 78.6 Å². The summed E-state index contributed by atoms with van der Waals surface area (Å²) in [6.45, 7) is 12.9. The van der Waals surface area contributed by atoms with Crippen LogP contribution < -0.4 is 11.5 Å². The predicted molar refractivity (Wildman–Crippen MR) is 99.8 cm³/mol. The molecule has 24 heavy (non-hydrogen) atoms. The molecule has 0 aromatic carbocycles. The summed E-state index contributed by atoms with van der Waals surface area (Å²) in [6.07, 6.45) is 6.55. The maximum absolute atomic E-state index is 6.57. The molecule has 6 nitrogen and oxygen atoms in total. The number of hydrogen-bond acceptors (Lipinski definition) is 6. The van der Waals surface area contributed by atoms with Gasteiger partial charge in [0.05, 0.1) is 12.3 Å². The second kappa shape index (κ2) is 8.21. The second-order valence-corrected chi connectivity index (χ2v) is 8.00. The number of hydrogen-bond donors (Lipinski definition) is 2. The van der Waals surface area contributed by atoms with Crippen molar-refractivity contribution in [3.05, 3.63) is 0 Å². The first kappa shape index (κ1) is 19.8. The van der Waals surface area contributed by atoms with E-state index in [9.17, 15) is 0 Å². The molecule has 2 saturated heterocycles. The van der Waals surface area contributed by atoms with E-state index in [2.05, 4.69) is 37.5 Å². The van der Waals surface area contributed by atoms with E-state index in [4.69, 9.17) is 21.7 Å². The van der Waals surface area contributed by atoms with Gasteiger partial charge in [-0.3, -0.25) is 9.80 Å². The maximum atomic E-state index is 6.57. The minimum atomic E-state index is -0.356. The number of nitrogens with two attached hydrogens (primary N) is 2. The lowest BCUT2D eigenvalue weighted by molar-refractivity contribution is 0.130. The third-order valence-corrected chi connectivity index (χ3v) is 6.28. The van der Waals surface area contributed by atoms with Gasteiger partial charge in [-0.15, -0.1) is 0 Å². The lowest BCUT2D eigenvalue weighted by Crippen LogP contribution is -2.56. The van der Waals surface area contributed by atoms with Gasteiger partial charge in [0.2, 0.25) is 0 Å². The smallest absolute Gasteiger partial charge is 0.107 e. The summed E-state index contributed by atoms with van der Waals surface area (Å²) in [6, 6.07) is 0. The van der Waals surface area contributed by atoms with Gasteiger partial charge in [-0.2, -0.15) is 10.2 Å². The molecule has 2 rings (SSSR count). The molecule has 0 bridgehead atoms. The molecule has 0 amide bonds. The van der Waals surface area contributed by atoms with Crippen LogP contribution in [0.4, 0.5) is 0 Å². The van der Waals surface area contributed by atoms with Crippen molar-refractivity contribution in [1.82, 2.24) is 9.80 Å². The third-order valence-electron chi connectivity index (χ3n) is 6.28. The Bertz CT molecular complexity index is 378. The van der Waals surface area contributed by atoms with Crippen molar-refractivity contribution >= 4 is 0 Å². The monoisotopic (exact) mass is 338 g/mol.